The summed E-state index contributed by atoms with van der Waals surface area (Å²) in [5.74, 6) is 0.476. The fourth-order valence-electron chi connectivity index (χ4n) is 1.76. The second kappa shape index (κ2) is 4.59. The van der Waals surface area contributed by atoms with Crippen LogP contribution in [0, 0.1) is 0 Å². The second-order valence-electron chi connectivity index (χ2n) is 3.63. The van der Waals surface area contributed by atoms with Gasteiger partial charge >= 0.3 is 6.01 Å². The summed E-state index contributed by atoms with van der Waals surface area (Å²) in [6.07, 6.45) is 2.43. The zero-order valence-corrected chi connectivity index (χ0v) is 8.85. The van der Waals surface area contributed by atoms with Crippen molar-refractivity contribution in [2.24, 2.45) is 5.73 Å². The molecule has 0 spiro atoms. The molecule has 0 bridgehead atoms. The first kappa shape index (κ1) is 10.4. The lowest BCUT2D eigenvalue weighted by Crippen LogP contribution is -2.39. The summed E-state index contributed by atoms with van der Waals surface area (Å²) >= 11 is 0. The van der Waals surface area contributed by atoms with Gasteiger partial charge < -0.3 is 19.8 Å². The van der Waals surface area contributed by atoms with Crippen molar-refractivity contribution in [2.45, 2.75) is 25.5 Å². The average molecular weight is 212 g/mol. The summed E-state index contributed by atoms with van der Waals surface area (Å²) < 4.78 is 10.7. The molecule has 84 valence electrons. The number of hydrogen-bond acceptors (Lipinski definition) is 6. The molecule has 6 heteroatoms. The summed E-state index contributed by atoms with van der Waals surface area (Å²) in [5, 5.41) is 7.79. The fraction of sp³-hybridized carbons (Fsp3) is 0.778. The molecular formula is C9H16N4O2. The minimum absolute atomic E-state index is 0.256. The van der Waals surface area contributed by atoms with Crippen molar-refractivity contribution in [1.82, 2.24) is 10.2 Å². The third kappa shape index (κ3) is 2.27. The van der Waals surface area contributed by atoms with E-state index in [2.05, 4.69) is 10.2 Å². The first-order valence-electron chi connectivity index (χ1n) is 5.13. The number of nitrogens with two attached hydrogens (primary N) is 1. The summed E-state index contributed by atoms with van der Waals surface area (Å²) in [6, 6.07) is 0.553. The Morgan fingerprint density at radius 1 is 1.60 bits per heavy atom. The smallest absolute Gasteiger partial charge is 0.318 e. The molecule has 1 aromatic heterocycles. The van der Waals surface area contributed by atoms with E-state index in [1.54, 1.807) is 7.11 Å². The lowest BCUT2D eigenvalue weighted by atomic mass is 10.1. The van der Waals surface area contributed by atoms with Crippen molar-refractivity contribution < 1.29 is 9.15 Å². The molecule has 6 nitrogen and oxygen atoms in total. The van der Waals surface area contributed by atoms with Gasteiger partial charge in [0.1, 0.15) is 0 Å². The predicted molar refractivity (Wildman–Crippen MR) is 54.4 cm³/mol. The molecule has 1 aliphatic heterocycles. The van der Waals surface area contributed by atoms with E-state index in [1.807, 2.05) is 4.90 Å². The van der Waals surface area contributed by atoms with E-state index >= 15 is 0 Å². The predicted octanol–water partition coefficient (Wildman–Crippen LogP) is 0.144. The Kier molecular flexibility index (Phi) is 3.17. The molecular weight excluding hydrogens is 196 g/mol. The largest absolute Gasteiger partial charge is 0.407 e. The fourth-order valence-corrected chi connectivity index (χ4v) is 1.76. The molecule has 0 aromatic carbocycles. The molecule has 1 aliphatic rings. The highest BCUT2D eigenvalue weighted by Crippen LogP contribution is 2.19. The van der Waals surface area contributed by atoms with Crippen molar-refractivity contribution in [3.05, 3.63) is 5.89 Å². The Morgan fingerprint density at radius 2 is 2.47 bits per heavy atom. The lowest BCUT2D eigenvalue weighted by Gasteiger charge is -2.30. The Labute approximate surface area is 88.4 Å². The van der Waals surface area contributed by atoms with Gasteiger partial charge in [-0.25, -0.2) is 0 Å². The monoisotopic (exact) mass is 212 g/mol. The lowest BCUT2D eigenvalue weighted by molar-refractivity contribution is 0.0879. The van der Waals surface area contributed by atoms with Gasteiger partial charge in [0.15, 0.2) is 0 Å². The first-order valence-corrected chi connectivity index (χ1v) is 5.13. The number of rotatable bonds is 3. The van der Waals surface area contributed by atoms with Crippen molar-refractivity contribution in [3.63, 3.8) is 0 Å². The van der Waals surface area contributed by atoms with E-state index in [9.17, 15) is 0 Å². The van der Waals surface area contributed by atoms with Gasteiger partial charge in [0.2, 0.25) is 5.89 Å². The highest BCUT2D eigenvalue weighted by Gasteiger charge is 2.23. The maximum Gasteiger partial charge on any atom is 0.318 e. The summed E-state index contributed by atoms with van der Waals surface area (Å²) in [6.45, 7) is 2.03. The van der Waals surface area contributed by atoms with Crippen LogP contribution in [0.3, 0.4) is 0 Å². The SMILES string of the molecule is COC1CCCN(c2nnc(CN)o2)C1. The third-order valence-corrected chi connectivity index (χ3v) is 2.61. The molecule has 1 unspecified atom stereocenters. The van der Waals surface area contributed by atoms with Crippen LogP contribution in [0.25, 0.3) is 0 Å². The number of aromatic nitrogens is 2. The van der Waals surface area contributed by atoms with Gasteiger partial charge in [-0.15, -0.1) is 5.10 Å². The number of anilines is 1. The highest BCUT2D eigenvalue weighted by molar-refractivity contribution is 5.25. The summed E-state index contributed by atoms with van der Waals surface area (Å²) in [5.41, 5.74) is 5.41. The van der Waals surface area contributed by atoms with E-state index in [1.165, 1.54) is 0 Å². The molecule has 2 N–H and O–H groups in total. The first-order chi connectivity index (χ1) is 7.33. The Balaban J connectivity index is 2.03. The number of hydrogen-bond donors (Lipinski definition) is 1. The molecule has 0 radical (unpaired) electrons. The topological polar surface area (TPSA) is 77.4 Å². The van der Waals surface area contributed by atoms with Crippen LogP contribution in [0.1, 0.15) is 18.7 Å². The van der Waals surface area contributed by atoms with Crippen LogP contribution in [0.4, 0.5) is 6.01 Å². The highest BCUT2D eigenvalue weighted by atomic mass is 16.5. The van der Waals surface area contributed by atoms with Crippen LogP contribution in [-0.4, -0.2) is 36.5 Å². The van der Waals surface area contributed by atoms with Gasteiger partial charge in [-0.2, -0.15) is 0 Å². The number of piperidine rings is 1. The molecule has 0 amide bonds. The average Bonchev–Trinajstić information content (AvgIpc) is 2.78. The van der Waals surface area contributed by atoms with Crippen LogP contribution in [0.15, 0.2) is 4.42 Å². The van der Waals surface area contributed by atoms with E-state index in [0.29, 0.717) is 11.9 Å². The Bertz CT molecular complexity index is 315. The van der Waals surface area contributed by atoms with E-state index in [4.69, 9.17) is 14.9 Å². The molecule has 0 aliphatic carbocycles. The maximum atomic E-state index is 5.41. The molecule has 1 aromatic rings. The minimum atomic E-state index is 0.256. The van der Waals surface area contributed by atoms with Gasteiger partial charge in [0.05, 0.1) is 12.6 Å². The molecule has 15 heavy (non-hydrogen) atoms. The molecule has 0 saturated carbocycles. The zero-order valence-electron chi connectivity index (χ0n) is 8.85. The van der Waals surface area contributed by atoms with Crippen molar-refractivity contribution >= 4 is 6.01 Å². The summed E-state index contributed by atoms with van der Waals surface area (Å²) in [4.78, 5) is 2.05. The summed E-state index contributed by atoms with van der Waals surface area (Å²) in [7, 11) is 1.73. The quantitative estimate of drug-likeness (QED) is 0.768. The van der Waals surface area contributed by atoms with Crippen LogP contribution in [-0.2, 0) is 11.3 Å². The van der Waals surface area contributed by atoms with Crippen LogP contribution >= 0.6 is 0 Å². The van der Waals surface area contributed by atoms with Gasteiger partial charge in [-0.05, 0) is 12.8 Å². The zero-order chi connectivity index (χ0) is 10.7. The maximum absolute atomic E-state index is 5.41. The van der Waals surface area contributed by atoms with Gasteiger partial charge in [-0.1, -0.05) is 5.10 Å². The second-order valence-corrected chi connectivity index (χ2v) is 3.63. The Hall–Kier alpha value is -1.14. The number of methoxy groups -OCH3 is 1. The van der Waals surface area contributed by atoms with Gasteiger partial charge in [0, 0.05) is 20.2 Å². The van der Waals surface area contributed by atoms with Gasteiger partial charge in [-0.3, -0.25) is 0 Å². The van der Waals surface area contributed by atoms with Crippen LogP contribution in [0.2, 0.25) is 0 Å². The van der Waals surface area contributed by atoms with E-state index < -0.39 is 0 Å². The van der Waals surface area contributed by atoms with E-state index in [0.717, 1.165) is 25.9 Å². The van der Waals surface area contributed by atoms with E-state index in [-0.39, 0.29) is 12.6 Å². The van der Waals surface area contributed by atoms with Crippen molar-refractivity contribution in [1.29, 1.82) is 0 Å². The minimum Gasteiger partial charge on any atom is -0.407 e. The molecule has 1 atom stereocenters. The molecule has 2 heterocycles. The third-order valence-electron chi connectivity index (χ3n) is 2.61. The van der Waals surface area contributed by atoms with Crippen LogP contribution < -0.4 is 10.6 Å². The molecule has 1 fully saturated rings. The number of nitrogens with zero attached hydrogens (tertiary/aromatic N) is 3. The van der Waals surface area contributed by atoms with Gasteiger partial charge in [0.25, 0.3) is 0 Å². The van der Waals surface area contributed by atoms with Crippen LogP contribution in [0.5, 0.6) is 0 Å². The number of ether oxygens (including phenoxy) is 1. The standard InChI is InChI=1S/C9H16N4O2/c1-14-7-3-2-4-13(6-7)9-12-11-8(5-10)15-9/h7H,2-6,10H2,1H3. The van der Waals surface area contributed by atoms with Crippen molar-refractivity contribution in [3.8, 4) is 0 Å². The Morgan fingerprint density at radius 3 is 3.13 bits per heavy atom. The molecule has 1 saturated heterocycles. The normalized spacial score (nSPS) is 22.0. The molecule has 2 rings (SSSR count). The van der Waals surface area contributed by atoms with Crippen molar-refractivity contribution in [2.75, 3.05) is 25.1 Å².